The van der Waals surface area contributed by atoms with Crippen molar-refractivity contribution in [2.45, 2.75) is 24.6 Å². The van der Waals surface area contributed by atoms with E-state index in [9.17, 15) is 18.9 Å². The Morgan fingerprint density at radius 3 is 2.23 bits per heavy atom. The number of amides is 1. The van der Waals surface area contributed by atoms with Crippen molar-refractivity contribution in [3.63, 3.8) is 0 Å². The van der Waals surface area contributed by atoms with E-state index in [2.05, 4.69) is 10.3 Å². The standard InChI is InChI=1S/C26H25FN3O8P/c1-35-39(34,36-2)16-14-19-22(38-25(32)18-11-7-4-8-12-18)21(27)24(37-19)30-15-13-20(29-26(30)33)28-23(31)17-9-5-3-6-10-17/h3-16,19,21-22,24H,1-2H3,(H,28,29,31,33)/b16-14+/t19-,21-,22-,24-/m1/s1. The highest BCUT2D eigenvalue weighted by molar-refractivity contribution is 7.57. The van der Waals surface area contributed by atoms with Gasteiger partial charge in [-0.1, -0.05) is 36.4 Å². The van der Waals surface area contributed by atoms with E-state index in [-0.39, 0.29) is 11.4 Å². The van der Waals surface area contributed by atoms with Gasteiger partial charge in [0, 0.05) is 31.8 Å². The summed E-state index contributed by atoms with van der Waals surface area (Å²) in [7, 11) is -1.33. The summed E-state index contributed by atoms with van der Waals surface area (Å²) in [6, 6.07) is 17.5. The number of anilines is 1. The molecular formula is C26H25FN3O8P. The number of hydrogen-bond donors (Lipinski definition) is 1. The van der Waals surface area contributed by atoms with Crippen molar-refractivity contribution < 1.29 is 37.1 Å². The molecule has 1 N–H and O–H groups in total. The normalized spacial score (nSPS) is 21.1. The molecule has 39 heavy (non-hydrogen) atoms. The fourth-order valence-electron chi connectivity index (χ4n) is 3.77. The van der Waals surface area contributed by atoms with E-state index in [1.165, 1.54) is 44.7 Å². The third-order valence-electron chi connectivity index (χ3n) is 5.81. The number of alkyl halides is 1. The molecule has 4 rings (SSSR count). The van der Waals surface area contributed by atoms with Crippen molar-refractivity contribution in [2.24, 2.45) is 0 Å². The maximum atomic E-state index is 15.7. The number of nitrogens with zero attached hydrogens (tertiary/aromatic N) is 2. The van der Waals surface area contributed by atoms with Gasteiger partial charge in [-0.05, 0) is 36.4 Å². The molecule has 1 fully saturated rings. The molecule has 0 saturated carbocycles. The fraction of sp³-hybridized carbons (Fsp3) is 0.231. The van der Waals surface area contributed by atoms with E-state index in [0.717, 1.165) is 10.4 Å². The van der Waals surface area contributed by atoms with Gasteiger partial charge in [-0.2, -0.15) is 4.98 Å². The summed E-state index contributed by atoms with van der Waals surface area (Å²) in [5.74, 6) is -0.306. The zero-order valence-electron chi connectivity index (χ0n) is 20.9. The number of carbonyl (C=O) groups excluding carboxylic acids is 2. The Labute approximate surface area is 222 Å². The number of aromatic nitrogens is 2. The average molecular weight is 557 g/mol. The molecule has 3 aromatic rings. The number of nitrogens with one attached hydrogen (secondary N) is 1. The molecule has 13 heteroatoms. The van der Waals surface area contributed by atoms with Gasteiger partial charge in [0.25, 0.3) is 5.91 Å². The number of rotatable bonds is 9. The van der Waals surface area contributed by atoms with Crippen LogP contribution >= 0.6 is 7.60 Å². The van der Waals surface area contributed by atoms with Crippen molar-refractivity contribution >= 4 is 25.3 Å². The minimum Gasteiger partial charge on any atom is -0.452 e. The minimum atomic E-state index is -3.66. The zero-order valence-corrected chi connectivity index (χ0v) is 21.8. The van der Waals surface area contributed by atoms with Crippen LogP contribution in [-0.2, 0) is 23.1 Å². The summed E-state index contributed by atoms with van der Waals surface area (Å²) < 4.78 is 49.9. The number of ether oxygens (including phenoxy) is 2. The van der Waals surface area contributed by atoms with E-state index < -0.39 is 49.8 Å². The molecule has 1 aliphatic heterocycles. The first-order valence-electron chi connectivity index (χ1n) is 11.7. The Morgan fingerprint density at radius 1 is 1.03 bits per heavy atom. The molecule has 1 aromatic heterocycles. The molecule has 0 spiro atoms. The molecule has 1 aliphatic rings. The van der Waals surface area contributed by atoms with Crippen LogP contribution in [0.5, 0.6) is 0 Å². The van der Waals surface area contributed by atoms with Crippen LogP contribution in [0.2, 0.25) is 0 Å². The lowest BCUT2D eigenvalue weighted by Gasteiger charge is -2.18. The van der Waals surface area contributed by atoms with Crippen LogP contribution in [0.1, 0.15) is 26.9 Å². The number of esters is 1. The molecule has 4 atom stereocenters. The Hall–Kier alpha value is -3.96. The molecule has 0 unspecified atom stereocenters. The maximum Gasteiger partial charge on any atom is 0.353 e. The van der Waals surface area contributed by atoms with Gasteiger partial charge < -0.3 is 23.8 Å². The van der Waals surface area contributed by atoms with E-state index in [0.29, 0.717) is 5.56 Å². The van der Waals surface area contributed by atoms with Gasteiger partial charge in [0.05, 0.1) is 5.56 Å². The second-order valence-corrected chi connectivity index (χ2v) is 10.3. The van der Waals surface area contributed by atoms with Gasteiger partial charge in [0.2, 0.25) is 0 Å². The molecule has 0 aliphatic carbocycles. The Kier molecular flexibility index (Phi) is 8.82. The highest BCUT2D eigenvalue weighted by Gasteiger charge is 2.48. The molecule has 2 aromatic carbocycles. The summed E-state index contributed by atoms with van der Waals surface area (Å²) in [5, 5.41) is 2.50. The molecule has 1 amide bonds. The lowest BCUT2D eigenvalue weighted by atomic mass is 10.1. The molecule has 11 nitrogen and oxygen atoms in total. The highest BCUT2D eigenvalue weighted by atomic mass is 31.2. The average Bonchev–Trinajstić information content (AvgIpc) is 3.27. The van der Waals surface area contributed by atoms with Gasteiger partial charge in [-0.25, -0.2) is 14.0 Å². The monoisotopic (exact) mass is 557 g/mol. The van der Waals surface area contributed by atoms with Gasteiger partial charge in [0.15, 0.2) is 18.5 Å². The summed E-state index contributed by atoms with van der Waals surface area (Å²) >= 11 is 0. The molecule has 204 valence electrons. The first-order valence-corrected chi connectivity index (χ1v) is 13.3. The van der Waals surface area contributed by atoms with Crippen LogP contribution in [0, 0.1) is 0 Å². The van der Waals surface area contributed by atoms with Crippen LogP contribution < -0.4 is 11.0 Å². The molecule has 0 bridgehead atoms. The predicted molar refractivity (Wildman–Crippen MR) is 138 cm³/mol. The van der Waals surface area contributed by atoms with Crippen LogP contribution in [0.4, 0.5) is 10.2 Å². The topological polar surface area (TPSA) is 135 Å². The van der Waals surface area contributed by atoms with Crippen molar-refractivity contribution in [1.82, 2.24) is 9.55 Å². The second-order valence-electron chi connectivity index (χ2n) is 8.24. The minimum absolute atomic E-state index is 0.0527. The lowest BCUT2D eigenvalue weighted by Crippen LogP contribution is -2.35. The number of halogens is 1. The van der Waals surface area contributed by atoms with Crippen molar-refractivity contribution in [1.29, 1.82) is 0 Å². The number of benzene rings is 2. The summed E-state index contributed by atoms with van der Waals surface area (Å²) in [4.78, 5) is 41.7. The van der Waals surface area contributed by atoms with Crippen LogP contribution in [0.3, 0.4) is 0 Å². The van der Waals surface area contributed by atoms with E-state index in [1.807, 2.05) is 0 Å². The number of hydrogen-bond acceptors (Lipinski definition) is 9. The van der Waals surface area contributed by atoms with Crippen LogP contribution in [0.15, 0.2) is 89.6 Å². The SMILES string of the molecule is COP(=O)(/C=C/[C@H]1O[C@@H](n2ccc(NC(=O)c3ccccc3)nc2=O)[C@H](F)[C@@H]1OC(=O)c1ccccc1)OC. The summed E-state index contributed by atoms with van der Waals surface area (Å²) in [6.45, 7) is 0. The summed E-state index contributed by atoms with van der Waals surface area (Å²) in [6.07, 6.45) is -3.98. The lowest BCUT2D eigenvalue weighted by molar-refractivity contribution is -0.0102. The van der Waals surface area contributed by atoms with Gasteiger partial charge in [-0.3, -0.25) is 13.9 Å². The first-order chi connectivity index (χ1) is 18.7. The van der Waals surface area contributed by atoms with Gasteiger partial charge in [-0.15, -0.1) is 0 Å². The fourth-order valence-corrected chi connectivity index (χ4v) is 4.54. The van der Waals surface area contributed by atoms with Gasteiger partial charge in [0.1, 0.15) is 11.9 Å². The third kappa shape index (κ3) is 6.55. The van der Waals surface area contributed by atoms with Crippen molar-refractivity contribution in [2.75, 3.05) is 19.5 Å². The molecule has 2 heterocycles. The third-order valence-corrected chi connectivity index (χ3v) is 7.36. The molecule has 1 saturated heterocycles. The van der Waals surface area contributed by atoms with Gasteiger partial charge >= 0.3 is 19.3 Å². The predicted octanol–water partition coefficient (Wildman–Crippen LogP) is 3.96. The summed E-state index contributed by atoms with van der Waals surface area (Å²) in [5.41, 5.74) is -0.396. The zero-order chi connectivity index (χ0) is 28.0. The van der Waals surface area contributed by atoms with Crippen LogP contribution in [-0.4, -0.2) is 54.0 Å². The Balaban J connectivity index is 1.59. The molecule has 0 radical (unpaired) electrons. The van der Waals surface area contributed by atoms with Crippen LogP contribution in [0.25, 0.3) is 0 Å². The van der Waals surface area contributed by atoms with E-state index >= 15 is 4.39 Å². The Bertz CT molecular complexity index is 1440. The van der Waals surface area contributed by atoms with E-state index in [1.54, 1.807) is 48.5 Å². The largest absolute Gasteiger partial charge is 0.452 e. The van der Waals surface area contributed by atoms with Crippen molar-refractivity contribution in [3.05, 3.63) is 106 Å². The smallest absolute Gasteiger partial charge is 0.353 e. The quantitative estimate of drug-likeness (QED) is 0.306. The highest BCUT2D eigenvalue weighted by Crippen LogP contribution is 2.48. The molecular weight excluding hydrogens is 532 g/mol. The second kappa shape index (κ2) is 12.3. The first kappa shape index (κ1) is 28.1. The number of carbonyl (C=O) groups is 2. The maximum absolute atomic E-state index is 15.7. The van der Waals surface area contributed by atoms with E-state index in [4.69, 9.17) is 18.5 Å². The Morgan fingerprint density at radius 2 is 1.64 bits per heavy atom. The van der Waals surface area contributed by atoms with Crippen molar-refractivity contribution in [3.8, 4) is 0 Å².